The Hall–Kier alpha value is -0.700. The van der Waals surface area contributed by atoms with Gasteiger partial charge in [0.15, 0.2) is 0 Å². The predicted molar refractivity (Wildman–Crippen MR) is 96.9 cm³/mol. The van der Waals surface area contributed by atoms with Gasteiger partial charge in [-0.25, -0.2) is 0 Å². The Morgan fingerprint density at radius 1 is 1.04 bits per heavy atom. The predicted octanol–water partition coefficient (Wildman–Crippen LogP) is 4.16. The molecule has 0 spiro atoms. The van der Waals surface area contributed by atoms with Gasteiger partial charge >= 0.3 is 0 Å². The van der Waals surface area contributed by atoms with Crippen LogP contribution in [0.25, 0.3) is 0 Å². The number of ketones is 2. The van der Waals surface area contributed by atoms with Gasteiger partial charge in [0, 0.05) is 18.3 Å². The van der Waals surface area contributed by atoms with E-state index in [1.54, 1.807) is 6.92 Å². The van der Waals surface area contributed by atoms with Gasteiger partial charge in [-0.05, 0) is 86.9 Å². The van der Waals surface area contributed by atoms with Crippen molar-refractivity contribution in [3.63, 3.8) is 0 Å². The summed E-state index contributed by atoms with van der Waals surface area (Å²) in [7, 11) is 0. The van der Waals surface area contributed by atoms with Crippen LogP contribution in [0.5, 0.6) is 0 Å². The molecule has 4 fully saturated rings. The van der Waals surface area contributed by atoms with Gasteiger partial charge in [-0.1, -0.05) is 13.8 Å². The highest BCUT2D eigenvalue weighted by molar-refractivity contribution is 5.84. The van der Waals surface area contributed by atoms with Crippen LogP contribution in [0, 0.1) is 40.4 Å². The van der Waals surface area contributed by atoms with Gasteiger partial charge in [0.1, 0.15) is 11.6 Å². The van der Waals surface area contributed by atoms with Crippen molar-refractivity contribution in [1.29, 1.82) is 0 Å². The third kappa shape index (κ3) is 2.48. The topological polar surface area (TPSA) is 54.4 Å². The lowest BCUT2D eigenvalue weighted by molar-refractivity contribution is -0.142. The molecule has 0 bridgehead atoms. The fraction of sp³-hybridized carbons (Fsp3) is 0.909. The van der Waals surface area contributed by atoms with Crippen LogP contribution in [0.3, 0.4) is 0 Å². The Balaban J connectivity index is 1.71. The molecule has 1 N–H and O–H groups in total. The first kappa shape index (κ1) is 17.7. The van der Waals surface area contributed by atoms with Crippen molar-refractivity contribution in [3.8, 4) is 0 Å². The highest BCUT2D eigenvalue weighted by atomic mass is 16.3. The SMILES string of the molecule is CC(=O)[C@H]1CC[C@H]2[C@@H]3CC[C@H]4C[C@H](O)CC[C@]4(C)[C@H]3C(=O)CC[C@]12C. The zero-order chi connectivity index (χ0) is 18.0. The molecule has 0 heterocycles. The molecular weight excluding hydrogens is 312 g/mol. The maximum atomic E-state index is 13.3. The number of aliphatic hydroxyl groups is 1. The Morgan fingerprint density at radius 3 is 2.52 bits per heavy atom. The number of hydrogen-bond donors (Lipinski definition) is 1. The number of rotatable bonds is 1. The van der Waals surface area contributed by atoms with Crippen LogP contribution in [0.1, 0.15) is 78.6 Å². The minimum atomic E-state index is -0.172. The summed E-state index contributed by atoms with van der Waals surface area (Å²) in [4.78, 5) is 25.6. The molecule has 25 heavy (non-hydrogen) atoms. The Kier molecular flexibility index (Phi) is 4.18. The summed E-state index contributed by atoms with van der Waals surface area (Å²) in [5, 5.41) is 10.1. The summed E-state index contributed by atoms with van der Waals surface area (Å²) in [5.74, 6) is 2.60. The summed E-state index contributed by atoms with van der Waals surface area (Å²) in [6, 6.07) is 0. The van der Waals surface area contributed by atoms with Crippen LogP contribution in [-0.4, -0.2) is 22.8 Å². The van der Waals surface area contributed by atoms with Crippen LogP contribution >= 0.6 is 0 Å². The number of carbonyl (C=O) groups excluding carboxylic acids is 2. The standard InChI is InChI=1S/C22H34O3/c1-13(23)17-6-7-18-16-5-4-14-12-15(24)8-10-21(14,2)20(16)19(25)9-11-22(17,18)3/h14-18,20,24H,4-12H2,1-3H3/t14-,15+,16-,17+,18-,20+,21-,22+/m0/s1. The molecule has 3 heteroatoms. The molecule has 8 atom stereocenters. The lowest BCUT2D eigenvalue weighted by atomic mass is 9.49. The molecule has 4 aliphatic carbocycles. The van der Waals surface area contributed by atoms with Gasteiger partial charge < -0.3 is 5.11 Å². The first-order chi connectivity index (χ1) is 11.8. The van der Waals surface area contributed by atoms with E-state index >= 15 is 0 Å². The second kappa shape index (κ2) is 5.90. The first-order valence-electron chi connectivity index (χ1n) is 10.5. The highest BCUT2D eigenvalue weighted by Crippen LogP contribution is 2.65. The molecule has 0 aromatic rings. The van der Waals surface area contributed by atoms with Crippen molar-refractivity contribution in [2.24, 2.45) is 40.4 Å². The molecular formula is C22H34O3. The van der Waals surface area contributed by atoms with Gasteiger partial charge in [-0.3, -0.25) is 9.59 Å². The normalized spacial score (nSPS) is 52.7. The van der Waals surface area contributed by atoms with E-state index in [2.05, 4.69) is 13.8 Å². The van der Waals surface area contributed by atoms with E-state index in [1.165, 1.54) is 0 Å². The van der Waals surface area contributed by atoms with E-state index in [1.807, 2.05) is 0 Å². The fourth-order valence-electron chi connectivity index (χ4n) is 7.89. The van der Waals surface area contributed by atoms with E-state index < -0.39 is 0 Å². The van der Waals surface area contributed by atoms with Crippen molar-refractivity contribution < 1.29 is 14.7 Å². The molecule has 0 amide bonds. The zero-order valence-electron chi connectivity index (χ0n) is 16.1. The third-order valence-electron chi connectivity index (χ3n) is 9.17. The average molecular weight is 347 g/mol. The van der Waals surface area contributed by atoms with E-state index in [4.69, 9.17) is 0 Å². The van der Waals surface area contributed by atoms with Gasteiger partial charge in [-0.2, -0.15) is 0 Å². The largest absolute Gasteiger partial charge is 0.393 e. The molecule has 0 unspecified atom stereocenters. The molecule has 140 valence electrons. The van der Waals surface area contributed by atoms with Crippen LogP contribution in [-0.2, 0) is 9.59 Å². The van der Waals surface area contributed by atoms with Gasteiger partial charge in [0.25, 0.3) is 0 Å². The van der Waals surface area contributed by atoms with Gasteiger partial charge in [0.2, 0.25) is 0 Å². The molecule has 0 aromatic heterocycles. The van der Waals surface area contributed by atoms with Crippen LogP contribution in [0.2, 0.25) is 0 Å². The fourth-order valence-corrected chi connectivity index (χ4v) is 7.89. The quantitative estimate of drug-likeness (QED) is 0.775. The summed E-state index contributed by atoms with van der Waals surface area (Å²) in [6.45, 7) is 6.41. The number of carbonyl (C=O) groups is 2. The average Bonchev–Trinajstić information content (AvgIpc) is 2.85. The minimum absolute atomic E-state index is 0.0261. The van der Waals surface area contributed by atoms with Crippen molar-refractivity contribution in [2.45, 2.75) is 84.7 Å². The second-order valence-corrected chi connectivity index (χ2v) is 10.2. The Labute approximate surface area is 151 Å². The van der Waals surface area contributed by atoms with Gasteiger partial charge in [0.05, 0.1) is 6.10 Å². The Bertz CT molecular complexity index is 584. The highest BCUT2D eigenvalue weighted by Gasteiger charge is 2.61. The summed E-state index contributed by atoms with van der Waals surface area (Å²) < 4.78 is 0. The van der Waals surface area contributed by atoms with E-state index in [0.29, 0.717) is 35.7 Å². The molecule has 3 nitrogen and oxygen atoms in total. The molecule has 0 radical (unpaired) electrons. The number of aliphatic hydroxyl groups excluding tert-OH is 1. The summed E-state index contributed by atoms with van der Waals surface area (Å²) in [5.41, 5.74) is 0.0943. The second-order valence-electron chi connectivity index (χ2n) is 10.2. The number of Topliss-reactive ketones (excluding diaryl/α,β-unsaturated/α-hetero) is 2. The molecule has 0 aromatic carbocycles. The smallest absolute Gasteiger partial charge is 0.136 e. The molecule has 4 aliphatic rings. The number of fused-ring (bicyclic) bond motifs is 5. The number of hydrogen-bond acceptors (Lipinski definition) is 3. The third-order valence-corrected chi connectivity index (χ3v) is 9.17. The lowest BCUT2D eigenvalue weighted by Crippen LogP contribution is -2.52. The van der Waals surface area contributed by atoms with Crippen molar-refractivity contribution in [1.82, 2.24) is 0 Å². The van der Waals surface area contributed by atoms with Crippen molar-refractivity contribution >= 4 is 11.6 Å². The van der Waals surface area contributed by atoms with E-state index in [9.17, 15) is 14.7 Å². The zero-order valence-corrected chi connectivity index (χ0v) is 16.1. The first-order valence-corrected chi connectivity index (χ1v) is 10.5. The molecule has 4 saturated carbocycles. The van der Waals surface area contributed by atoms with Crippen LogP contribution in [0.15, 0.2) is 0 Å². The lowest BCUT2D eigenvalue weighted by Gasteiger charge is -2.55. The maximum Gasteiger partial charge on any atom is 0.136 e. The summed E-state index contributed by atoms with van der Waals surface area (Å²) >= 11 is 0. The Morgan fingerprint density at radius 2 is 1.80 bits per heavy atom. The van der Waals surface area contributed by atoms with Gasteiger partial charge in [-0.15, -0.1) is 0 Å². The minimum Gasteiger partial charge on any atom is -0.393 e. The molecule has 0 aliphatic heterocycles. The van der Waals surface area contributed by atoms with Crippen molar-refractivity contribution in [3.05, 3.63) is 0 Å². The van der Waals surface area contributed by atoms with E-state index in [0.717, 1.165) is 51.4 Å². The van der Waals surface area contributed by atoms with E-state index in [-0.39, 0.29) is 28.8 Å². The molecule has 0 saturated heterocycles. The van der Waals surface area contributed by atoms with Crippen molar-refractivity contribution in [2.75, 3.05) is 0 Å². The summed E-state index contributed by atoms with van der Waals surface area (Å²) in [6.07, 6.45) is 8.52. The molecule has 4 rings (SSSR count). The van der Waals surface area contributed by atoms with Crippen LogP contribution in [0.4, 0.5) is 0 Å². The van der Waals surface area contributed by atoms with Crippen LogP contribution < -0.4 is 0 Å². The monoisotopic (exact) mass is 346 g/mol. The maximum absolute atomic E-state index is 13.3.